The minimum Gasteiger partial charge on any atom is -0.741 e. The van der Waals surface area contributed by atoms with Crippen LogP contribution in [0, 0.1) is 0 Å². The van der Waals surface area contributed by atoms with Crippen LogP contribution in [0.4, 0.5) is 26.3 Å². The van der Waals surface area contributed by atoms with Crippen LogP contribution in [0.15, 0.2) is 97.2 Å². The zero-order chi connectivity index (χ0) is 40.6. The second-order valence-electron chi connectivity index (χ2n) is 13.1. The van der Waals surface area contributed by atoms with Crippen molar-refractivity contribution in [2.75, 3.05) is 0 Å². The predicted molar refractivity (Wildman–Crippen MR) is 195 cm³/mol. The fraction of sp³-hybridized carbons (Fsp3) is 0.231. The van der Waals surface area contributed by atoms with E-state index in [4.69, 9.17) is 25.9 Å². The summed E-state index contributed by atoms with van der Waals surface area (Å²) in [7, 11) is -10.0. The third kappa shape index (κ3) is 8.35. The number of hydrogen-bond donors (Lipinski definition) is 0. The first-order valence-corrected chi connectivity index (χ1v) is 19.9. The van der Waals surface area contributed by atoms with Gasteiger partial charge in [0.15, 0.2) is 26.4 Å². The Labute approximate surface area is 318 Å². The topological polar surface area (TPSA) is 127 Å². The van der Waals surface area contributed by atoms with E-state index in [0.29, 0.717) is 0 Å². The van der Waals surface area contributed by atoms with Crippen LogP contribution in [-0.4, -0.2) is 41.5 Å². The number of alkyl halides is 6. The van der Waals surface area contributed by atoms with Gasteiger partial charge in [-0.25, -0.2) is 16.8 Å². The summed E-state index contributed by atoms with van der Waals surface area (Å²) in [5, 5.41) is 2.57. The zero-order valence-electron chi connectivity index (χ0n) is 29.5. The first-order chi connectivity index (χ1) is 26.3. The van der Waals surface area contributed by atoms with E-state index in [-0.39, 0.29) is 0 Å². The minimum absolute atomic E-state index is 1.02. The third-order valence-corrected chi connectivity index (χ3v) is 10.7. The molecule has 3 aromatic heterocycles. The minimum atomic E-state index is -6.09. The number of hydrogen-bond acceptors (Lipinski definition) is 6. The van der Waals surface area contributed by atoms with E-state index in [9.17, 15) is 26.3 Å². The maximum absolute atomic E-state index is 10.7. The van der Waals surface area contributed by atoms with Crippen molar-refractivity contribution in [3.8, 4) is 22.5 Å². The van der Waals surface area contributed by atoms with Crippen molar-refractivity contribution in [1.29, 1.82) is 0 Å². The number of aromatic nitrogens is 3. The first-order valence-electron chi connectivity index (χ1n) is 17.1. The number of pyridine rings is 2. The van der Waals surface area contributed by atoms with Crippen molar-refractivity contribution in [2.24, 2.45) is 7.05 Å². The zero-order valence-corrected chi connectivity index (χ0v) is 31.1. The Morgan fingerprint density at radius 2 is 1.23 bits per heavy atom. The normalized spacial score (nSPS) is 14.3. The van der Waals surface area contributed by atoms with Crippen LogP contribution >= 0.6 is 0 Å². The summed E-state index contributed by atoms with van der Waals surface area (Å²) in [6.45, 7) is 2.08. The fourth-order valence-electron chi connectivity index (χ4n) is 7.09. The monoisotopic (exact) mass is 817 g/mol. The smallest absolute Gasteiger partial charge is 0.485 e. The van der Waals surface area contributed by atoms with Crippen LogP contribution in [0.3, 0.4) is 0 Å². The lowest BCUT2D eigenvalue weighted by Crippen LogP contribution is -2.38. The molecule has 0 aliphatic carbocycles. The predicted octanol–water partition coefficient (Wildman–Crippen LogP) is 7.41. The summed E-state index contributed by atoms with van der Waals surface area (Å²) in [4.78, 5) is 0. The highest BCUT2D eigenvalue weighted by molar-refractivity contribution is 7.86. The maximum Gasteiger partial charge on any atom is 0.485 e. The van der Waals surface area contributed by atoms with Crippen molar-refractivity contribution < 1.29 is 61.4 Å². The molecule has 0 spiro atoms. The molecule has 56 heavy (non-hydrogen) atoms. The molecule has 294 valence electrons. The lowest BCUT2D eigenvalue weighted by molar-refractivity contribution is -0.686. The van der Waals surface area contributed by atoms with Crippen molar-refractivity contribution in [1.82, 2.24) is 4.57 Å². The summed E-state index contributed by atoms with van der Waals surface area (Å²) >= 11 is 0. The highest BCUT2D eigenvalue weighted by atomic mass is 32.2. The Morgan fingerprint density at radius 1 is 0.679 bits per heavy atom. The molecule has 0 saturated carbocycles. The van der Waals surface area contributed by atoms with Gasteiger partial charge in [0.25, 0.3) is 0 Å². The van der Waals surface area contributed by atoms with Gasteiger partial charge in [0, 0.05) is 65.6 Å². The summed E-state index contributed by atoms with van der Waals surface area (Å²) < 4.78 is 125. The molecular formula is C39H33F6N3O6S2. The van der Waals surface area contributed by atoms with Gasteiger partial charge < -0.3 is 13.7 Å². The molecule has 0 amide bonds. The number of halogens is 6. The average molecular weight is 818 g/mol. The van der Waals surface area contributed by atoms with Crippen LogP contribution in [-0.2, 0) is 53.2 Å². The molecule has 2 aliphatic heterocycles. The maximum atomic E-state index is 10.7. The molecule has 0 atom stereocenters. The third-order valence-electron chi connectivity index (χ3n) is 9.56. The van der Waals surface area contributed by atoms with Crippen LogP contribution in [0.2, 0.25) is 0 Å². The van der Waals surface area contributed by atoms with E-state index in [1.54, 1.807) is 0 Å². The molecule has 5 heterocycles. The molecular weight excluding hydrogens is 785 g/mol. The van der Waals surface area contributed by atoms with E-state index in [0.717, 1.165) is 32.4 Å². The molecule has 0 saturated heterocycles. The van der Waals surface area contributed by atoms with Crippen molar-refractivity contribution in [3.63, 3.8) is 0 Å². The van der Waals surface area contributed by atoms with Gasteiger partial charge >= 0.3 is 11.0 Å². The van der Waals surface area contributed by atoms with Gasteiger partial charge in [-0.05, 0) is 66.5 Å². The van der Waals surface area contributed by atoms with Gasteiger partial charge in [-0.2, -0.15) is 35.5 Å². The van der Waals surface area contributed by atoms with Crippen molar-refractivity contribution in [2.45, 2.75) is 49.8 Å². The van der Waals surface area contributed by atoms with Crippen molar-refractivity contribution >= 4 is 54.2 Å². The van der Waals surface area contributed by atoms with Gasteiger partial charge in [-0.3, -0.25) is 0 Å². The molecule has 0 fully saturated rings. The van der Waals surface area contributed by atoms with Gasteiger partial charge in [0.05, 0.1) is 11.1 Å². The van der Waals surface area contributed by atoms with Gasteiger partial charge in [0.2, 0.25) is 16.9 Å². The molecule has 0 N–H and O–H groups in total. The molecule has 17 heteroatoms. The molecule has 9 nitrogen and oxygen atoms in total. The van der Waals surface area contributed by atoms with Gasteiger partial charge in [-0.15, -0.1) is 0 Å². The number of nitrogens with zero attached hydrogens (tertiary/aromatic N) is 3. The van der Waals surface area contributed by atoms with Crippen LogP contribution in [0.5, 0.6) is 0 Å². The summed E-state index contributed by atoms with van der Waals surface area (Å²) in [6.07, 6.45) is 11.4. The molecule has 2 aliphatic rings. The van der Waals surface area contributed by atoms with E-state index in [2.05, 4.69) is 130 Å². The highest BCUT2D eigenvalue weighted by Crippen LogP contribution is 2.41. The number of para-hydroxylation sites is 2. The lowest BCUT2D eigenvalue weighted by Gasteiger charge is -2.16. The number of aryl methyl sites for hydroxylation is 5. The quantitative estimate of drug-likeness (QED) is 0.0776. The first kappa shape index (κ1) is 40.6. The standard InChI is InChI=1S/C37H33N3.2CHF3O3S/c1-38-31(25-29-11-2-4-14-32(29)38)20-19-30-24-28-10-3-5-15-33(28)40-23-9-13-27-18-17-26-12-8-22-39-21-7-6-16-34(39)35(26)36(27)37(30)40;2*2-1(3,4)8(5,6)7/h2-7,10-11,14-21,24-25H,8-9,12-13,22-23H2,1H3;2*(H,5,6,7)/q+2;;/p-2. The molecule has 0 bridgehead atoms. The van der Waals surface area contributed by atoms with E-state index in [1.807, 2.05) is 0 Å². The van der Waals surface area contributed by atoms with Gasteiger partial charge in [0.1, 0.15) is 13.1 Å². The Morgan fingerprint density at radius 3 is 1.86 bits per heavy atom. The van der Waals surface area contributed by atoms with Crippen molar-refractivity contribution in [3.05, 3.63) is 120 Å². The molecule has 0 radical (unpaired) electrons. The fourth-order valence-corrected chi connectivity index (χ4v) is 7.09. The van der Waals surface area contributed by atoms with E-state index < -0.39 is 31.3 Å². The number of fused-ring (bicyclic) bond motifs is 10. The second-order valence-corrected chi connectivity index (χ2v) is 15.8. The second kappa shape index (κ2) is 15.4. The molecule has 3 aromatic carbocycles. The molecule has 0 unspecified atom stereocenters. The Kier molecular flexibility index (Phi) is 11.2. The number of benzene rings is 3. The largest absolute Gasteiger partial charge is 0.741 e. The van der Waals surface area contributed by atoms with E-state index in [1.165, 1.54) is 73.1 Å². The molecule has 6 aromatic rings. The lowest BCUT2D eigenvalue weighted by atomic mass is 9.87. The highest BCUT2D eigenvalue weighted by Gasteiger charge is 2.38. The Bertz CT molecular complexity index is 2670. The average Bonchev–Trinajstić information content (AvgIpc) is 3.24. The van der Waals surface area contributed by atoms with Crippen LogP contribution < -0.4 is 9.13 Å². The summed E-state index contributed by atoms with van der Waals surface area (Å²) in [6, 6.07) is 33.8. The summed E-state index contributed by atoms with van der Waals surface area (Å²) in [5.74, 6) is 0. The van der Waals surface area contributed by atoms with Crippen LogP contribution in [0.1, 0.15) is 35.2 Å². The van der Waals surface area contributed by atoms with Crippen LogP contribution in [0.25, 0.3) is 56.5 Å². The van der Waals surface area contributed by atoms with E-state index >= 15 is 0 Å². The SMILES string of the molecule is Cn1c(/C=C/c2cc3ccccc3[n+]3c2-c2c(ccc4c2-c2cccc[n+]2CCC4)CCC3)cc2ccccc21.O=S(=O)([O-])C(F)(F)F.O=S(=O)([O-])C(F)(F)F. The Hall–Kier alpha value is -5.10. The Balaban J connectivity index is 0.000000281. The van der Waals surface area contributed by atoms with Gasteiger partial charge in [-0.1, -0.05) is 42.5 Å². The number of rotatable bonds is 2. The molecule has 8 rings (SSSR count). The summed E-state index contributed by atoms with van der Waals surface area (Å²) in [5.41, 5.74) is 2.30.